The van der Waals surface area contributed by atoms with Crippen LogP contribution in [0.25, 0.3) is 0 Å². The highest BCUT2D eigenvalue weighted by atomic mass is 16.6. The van der Waals surface area contributed by atoms with Gasteiger partial charge in [0.05, 0.1) is 25.7 Å². The normalized spacial score (nSPS) is 46.8. The van der Waals surface area contributed by atoms with Crippen LogP contribution in [0.3, 0.4) is 0 Å². The molecule has 260 valence electrons. The number of ether oxygens (including phenoxy) is 3. The Kier molecular flexibility index (Phi) is 8.88. The Labute approximate surface area is 278 Å². The highest BCUT2D eigenvalue weighted by molar-refractivity contribution is 5.73. The molecule has 1 aliphatic heterocycles. The van der Waals surface area contributed by atoms with Gasteiger partial charge in [-0.25, -0.2) is 0 Å². The lowest BCUT2D eigenvalue weighted by atomic mass is 9.34. The number of carboxylic acid groups (broad SMARTS) is 1. The first-order chi connectivity index (χ1) is 21.5. The molecule has 46 heavy (non-hydrogen) atoms. The molecule has 4 saturated carbocycles. The molecule has 0 spiro atoms. The molecular formula is C39H63NO6. The number of carboxylic acids is 1. The van der Waals surface area contributed by atoms with Crippen LogP contribution in [0.1, 0.15) is 120 Å². The number of allylic oxidation sites excluding steroid dienone is 1. The van der Waals surface area contributed by atoms with Crippen molar-refractivity contribution in [3.05, 3.63) is 11.6 Å². The molecule has 6 rings (SSSR count). The number of carbonyl (C=O) groups excluding carboxylic acids is 1. The average molecular weight is 642 g/mol. The van der Waals surface area contributed by atoms with Crippen molar-refractivity contribution in [3.8, 4) is 0 Å². The quantitative estimate of drug-likeness (QED) is 0.210. The zero-order valence-electron chi connectivity index (χ0n) is 30.0. The molecule has 7 nitrogen and oxygen atoms in total. The minimum atomic E-state index is -0.635. The molecule has 1 saturated heterocycles. The largest absolute Gasteiger partial charge is 0.481 e. The summed E-state index contributed by atoms with van der Waals surface area (Å²) in [6.45, 7) is 19.3. The van der Waals surface area contributed by atoms with E-state index >= 15 is 0 Å². The van der Waals surface area contributed by atoms with Crippen molar-refractivity contribution in [1.82, 2.24) is 0 Å². The van der Waals surface area contributed by atoms with Gasteiger partial charge < -0.3 is 25.1 Å². The van der Waals surface area contributed by atoms with Gasteiger partial charge in [0.2, 0.25) is 0 Å². The van der Waals surface area contributed by atoms with E-state index < -0.39 is 11.9 Å². The summed E-state index contributed by atoms with van der Waals surface area (Å²) in [6, 6.07) is -0.00716. The van der Waals surface area contributed by atoms with Gasteiger partial charge in [-0.15, -0.1) is 0 Å². The van der Waals surface area contributed by atoms with Crippen LogP contribution >= 0.6 is 0 Å². The summed E-state index contributed by atoms with van der Waals surface area (Å²) < 4.78 is 19.6. The standard InChI is InChI=1S/C39H63NO6/c1-23(2)24(3)35(5)17-18-37(7)27-13-14-31-36(6)21-44-22-39(31,28(27)15-16-38(37,8)32(35)34(42)43)19-30(46-25(4)41)33(36)45-20-29(40)26-11-9-10-12-26/h15,23-24,26-27,29-33H,9-14,16-22,40H2,1-8H3,(H,42,43)/t24-,27+,29?,30-,31+,32-,33+,35-,36-,37-,38+,39+/m1/s1. The number of fused-ring (bicyclic) bond motifs is 3. The van der Waals surface area contributed by atoms with Gasteiger partial charge in [-0.1, -0.05) is 73.0 Å². The predicted octanol–water partition coefficient (Wildman–Crippen LogP) is 7.41. The van der Waals surface area contributed by atoms with Crippen molar-refractivity contribution in [1.29, 1.82) is 0 Å². The van der Waals surface area contributed by atoms with E-state index in [1.54, 1.807) is 0 Å². The molecule has 0 aromatic rings. The second kappa shape index (κ2) is 11.9. The van der Waals surface area contributed by atoms with E-state index in [1.807, 2.05) is 0 Å². The van der Waals surface area contributed by atoms with Gasteiger partial charge in [-0.05, 0) is 97.2 Å². The van der Waals surface area contributed by atoms with E-state index in [9.17, 15) is 14.7 Å². The highest BCUT2D eigenvalue weighted by Gasteiger charge is 2.72. The van der Waals surface area contributed by atoms with Crippen LogP contribution in [0, 0.1) is 62.6 Å². The first-order valence-corrected chi connectivity index (χ1v) is 18.6. The van der Waals surface area contributed by atoms with Crippen molar-refractivity contribution in [3.63, 3.8) is 0 Å². The zero-order chi connectivity index (χ0) is 33.4. The number of rotatable bonds is 8. The summed E-state index contributed by atoms with van der Waals surface area (Å²) in [6.07, 6.45) is 12.1. The average Bonchev–Trinajstić information content (AvgIpc) is 3.52. The third kappa shape index (κ3) is 4.89. The van der Waals surface area contributed by atoms with Gasteiger partial charge in [0.1, 0.15) is 12.2 Å². The minimum Gasteiger partial charge on any atom is -0.481 e. The number of carbonyl (C=O) groups is 2. The van der Waals surface area contributed by atoms with Crippen molar-refractivity contribution in [2.75, 3.05) is 19.8 Å². The van der Waals surface area contributed by atoms with Gasteiger partial charge in [-0.2, -0.15) is 0 Å². The Bertz CT molecular complexity index is 1230. The summed E-state index contributed by atoms with van der Waals surface area (Å²) in [5, 5.41) is 11.0. The number of esters is 1. The van der Waals surface area contributed by atoms with Gasteiger partial charge >= 0.3 is 11.9 Å². The monoisotopic (exact) mass is 641 g/mol. The van der Waals surface area contributed by atoms with Crippen LogP contribution in [0.5, 0.6) is 0 Å². The lowest BCUT2D eigenvalue weighted by molar-refractivity contribution is -0.267. The number of hydrogen-bond acceptors (Lipinski definition) is 6. The molecule has 6 aliphatic rings. The molecular weight excluding hydrogens is 578 g/mol. The summed E-state index contributed by atoms with van der Waals surface area (Å²) in [5.41, 5.74) is 6.80. The van der Waals surface area contributed by atoms with Crippen LogP contribution in [0.4, 0.5) is 0 Å². The van der Waals surface area contributed by atoms with Crippen LogP contribution in [0.15, 0.2) is 11.6 Å². The van der Waals surface area contributed by atoms with Crippen LogP contribution in [0.2, 0.25) is 0 Å². The minimum absolute atomic E-state index is 0.00716. The Morgan fingerprint density at radius 3 is 2.35 bits per heavy atom. The first kappa shape index (κ1) is 34.4. The molecule has 12 atom stereocenters. The van der Waals surface area contributed by atoms with Crippen LogP contribution in [-0.4, -0.2) is 55.1 Å². The first-order valence-electron chi connectivity index (χ1n) is 18.6. The fourth-order valence-corrected chi connectivity index (χ4v) is 12.9. The molecule has 0 amide bonds. The molecule has 7 heteroatoms. The molecule has 0 radical (unpaired) electrons. The topological polar surface area (TPSA) is 108 Å². The Morgan fingerprint density at radius 2 is 1.72 bits per heavy atom. The molecule has 0 aromatic heterocycles. The second-order valence-electron chi connectivity index (χ2n) is 18.2. The third-order valence-corrected chi connectivity index (χ3v) is 15.9. The maximum atomic E-state index is 13.4. The SMILES string of the molecule is CC(=O)O[C@@H]1C[C@@]23COC[C@](C)([C@@H]2CC[C@H]2C3=CC[C@@]3(C)[C@H](C(=O)O)[C@@](C)([C@H](C)C(C)C)CC[C@]23C)[C@H]1OCC(N)C1CCCC1. The predicted molar refractivity (Wildman–Crippen MR) is 179 cm³/mol. The number of hydrogen-bond donors (Lipinski definition) is 2. The molecule has 2 bridgehead atoms. The van der Waals surface area contributed by atoms with Crippen molar-refractivity contribution >= 4 is 11.9 Å². The summed E-state index contributed by atoms with van der Waals surface area (Å²) >= 11 is 0. The molecule has 1 unspecified atom stereocenters. The maximum absolute atomic E-state index is 13.4. The van der Waals surface area contributed by atoms with E-state index in [2.05, 4.69) is 54.5 Å². The lowest BCUT2D eigenvalue weighted by Gasteiger charge is -2.71. The Hall–Kier alpha value is -1.44. The van der Waals surface area contributed by atoms with Crippen LogP contribution < -0.4 is 5.73 Å². The van der Waals surface area contributed by atoms with E-state index in [0.717, 1.165) is 32.1 Å². The maximum Gasteiger partial charge on any atom is 0.307 e. The summed E-state index contributed by atoms with van der Waals surface area (Å²) in [4.78, 5) is 26.0. The summed E-state index contributed by atoms with van der Waals surface area (Å²) in [5.74, 6) is 0.528. The highest BCUT2D eigenvalue weighted by Crippen LogP contribution is 2.75. The van der Waals surface area contributed by atoms with Gasteiger partial charge in [0.15, 0.2) is 0 Å². The molecule has 0 aromatic carbocycles. The molecule has 5 fully saturated rings. The number of aliphatic carboxylic acids is 1. The Morgan fingerprint density at radius 1 is 1.02 bits per heavy atom. The van der Waals surface area contributed by atoms with Crippen molar-refractivity contribution in [2.24, 2.45) is 68.3 Å². The van der Waals surface area contributed by atoms with Crippen LogP contribution in [-0.2, 0) is 23.8 Å². The summed E-state index contributed by atoms with van der Waals surface area (Å²) in [7, 11) is 0. The van der Waals surface area contributed by atoms with Crippen molar-refractivity contribution in [2.45, 2.75) is 138 Å². The smallest absolute Gasteiger partial charge is 0.307 e. The molecule has 5 aliphatic carbocycles. The zero-order valence-corrected chi connectivity index (χ0v) is 30.0. The van der Waals surface area contributed by atoms with Gasteiger partial charge in [-0.3, -0.25) is 9.59 Å². The second-order valence-corrected chi connectivity index (χ2v) is 18.2. The molecule has 3 N–H and O–H groups in total. The van der Waals surface area contributed by atoms with E-state index in [1.165, 1.54) is 38.2 Å². The Balaban J connectivity index is 1.37. The number of nitrogens with two attached hydrogens (primary N) is 1. The van der Waals surface area contributed by atoms with E-state index in [-0.39, 0.29) is 57.2 Å². The van der Waals surface area contributed by atoms with E-state index in [0.29, 0.717) is 49.9 Å². The van der Waals surface area contributed by atoms with Crippen molar-refractivity contribution < 1.29 is 28.9 Å². The fourth-order valence-electron chi connectivity index (χ4n) is 12.9. The van der Waals surface area contributed by atoms with E-state index in [4.69, 9.17) is 19.9 Å². The van der Waals surface area contributed by atoms with Gasteiger partial charge in [0, 0.05) is 23.8 Å². The van der Waals surface area contributed by atoms with Gasteiger partial charge in [0.25, 0.3) is 0 Å². The fraction of sp³-hybridized carbons (Fsp3) is 0.897. The molecule has 1 heterocycles. The third-order valence-electron chi connectivity index (χ3n) is 15.9. The lowest BCUT2D eigenvalue weighted by Crippen LogP contribution is -2.70.